The average Bonchev–Trinajstić information content (AvgIpc) is 2.83. The molecule has 0 radical (unpaired) electrons. The third-order valence-electron chi connectivity index (χ3n) is 2.30. The van der Waals surface area contributed by atoms with Gasteiger partial charge < -0.3 is 10.1 Å². The highest BCUT2D eigenvalue weighted by atomic mass is 32.1. The maximum Gasteiger partial charge on any atom is 0.147 e. The number of hydrogen-bond acceptors (Lipinski definition) is 5. The standard InChI is InChI=1S/C12H14FN3OS/c1-17-6-5-14-8-11-15-16-12(18-11)9-3-2-4-10(13)7-9/h2-4,7,14H,5-6,8H2,1H3. The Bertz CT molecular complexity index is 504. The number of aromatic nitrogens is 2. The lowest BCUT2D eigenvalue weighted by Gasteiger charge is -1.99. The molecule has 96 valence electrons. The van der Waals surface area contributed by atoms with Crippen molar-refractivity contribution in [1.82, 2.24) is 15.5 Å². The van der Waals surface area contributed by atoms with Crippen molar-refractivity contribution in [3.8, 4) is 10.6 Å². The monoisotopic (exact) mass is 267 g/mol. The van der Waals surface area contributed by atoms with E-state index in [-0.39, 0.29) is 5.82 Å². The Kier molecular flexibility index (Phi) is 4.74. The first-order chi connectivity index (χ1) is 8.79. The van der Waals surface area contributed by atoms with Crippen molar-refractivity contribution < 1.29 is 9.13 Å². The predicted octanol–water partition coefficient (Wildman–Crippen LogP) is 2.08. The summed E-state index contributed by atoms with van der Waals surface area (Å²) in [5, 5.41) is 12.9. The summed E-state index contributed by atoms with van der Waals surface area (Å²) in [4.78, 5) is 0. The zero-order valence-electron chi connectivity index (χ0n) is 10.0. The summed E-state index contributed by atoms with van der Waals surface area (Å²) in [6.45, 7) is 2.08. The van der Waals surface area contributed by atoms with Gasteiger partial charge >= 0.3 is 0 Å². The largest absolute Gasteiger partial charge is 0.383 e. The summed E-state index contributed by atoms with van der Waals surface area (Å²) in [5.74, 6) is -0.262. The second-order valence-electron chi connectivity index (χ2n) is 3.68. The molecule has 1 aromatic heterocycles. The SMILES string of the molecule is COCCNCc1nnc(-c2cccc(F)c2)s1. The zero-order valence-corrected chi connectivity index (χ0v) is 10.8. The minimum Gasteiger partial charge on any atom is -0.383 e. The van der Waals surface area contributed by atoms with E-state index in [1.165, 1.54) is 23.5 Å². The van der Waals surface area contributed by atoms with E-state index in [0.29, 0.717) is 13.2 Å². The molecule has 0 saturated heterocycles. The fraction of sp³-hybridized carbons (Fsp3) is 0.333. The molecule has 6 heteroatoms. The predicted molar refractivity (Wildman–Crippen MR) is 68.9 cm³/mol. The molecule has 0 fully saturated rings. The summed E-state index contributed by atoms with van der Waals surface area (Å²) in [5.41, 5.74) is 0.760. The Morgan fingerprint density at radius 1 is 1.39 bits per heavy atom. The van der Waals surface area contributed by atoms with E-state index in [4.69, 9.17) is 4.74 Å². The first-order valence-electron chi connectivity index (χ1n) is 5.57. The van der Waals surface area contributed by atoms with Crippen LogP contribution in [0.4, 0.5) is 4.39 Å². The highest BCUT2D eigenvalue weighted by Gasteiger charge is 2.06. The Balaban J connectivity index is 1.97. The van der Waals surface area contributed by atoms with Gasteiger partial charge in [-0.1, -0.05) is 23.5 Å². The zero-order chi connectivity index (χ0) is 12.8. The smallest absolute Gasteiger partial charge is 0.147 e. The van der Waals surface area contributed by atoms with Gasteiger partial charge in [-0.25, -0.2) is 4.39 Å². The second-order valence-corrected chi connectivity index (χ2v) is 4.74. The van der Waals surface area contributed by atoms with Crippen LogP contribution in [0.15, 0.2) is 24.3 Å². The van der Waals surface area contributed by atoms with E-state index in [1.54, 1.807) is 13.2 Å². The molecule has 18 heavy (non-hydrogen) atoms. The number of ether oxygens (including phenoxy) is 1. The van der Waals surface area contributed by atoms with Crippen molar-refractivity contribution in [2.45, 2.75) is 6.54 Å². The molecular formula is C12H14FN3OS. The number of halogens is 1. The van der Waals surface area contributed by atoms with Gasteiger partial charge in [0.1, 0.15) is 15.8 Å². The first kappa shape index (κ1) is 13.1. The lowest BCUT2D eigenvalue weighted by atomic mass is 10.2. The molecule has 0 aliphatic rings. The number of rotatable bonds is 6. The molecule has 0 aliphatic carbocycles. The van der Waals surface area contributed by atoms with Crippen LogP contribution in [0.3, 0.4) is 0 Å². The molecule has 0 unspecified atom stereocenters. The number of nitrogens with zero attached hydrogens (tertiary/aromatic N) is 2. The summed E-state index contributed by atoms with van der Waals surface area (Å²) in [7, 11) is 1.66. The quantitative estimate of drug-likeness (QED) is 0.814. The molecule has 0 spiro atoms. The fourth-order valence-electron chi connectivity index (χ4n) is 1.43. The molecule has 0 bridgehead atoms. The molecule has 1 heterocycles. The Hall–Kier alpha value is -1.37. The number of benzene rings is 1. The van der Waals surface area contributed by atoms with E-state index < -0.39 is 0 Å². The maximum absolute atomic E-state index is 13.1. The summed E-state index contributed by atoms with van der Waals surface area (Å²) >= 11 is 1.46. The third kappa shape index (κ3) is 3.56. The van der Waals surface area contributed by atoms with Crippen molar-refractivity contribution in [2.75, 3.05) is 20.3 Å². The van der Waals surface area contributed by atoms with Gasteiger partial charge in [-0.15, -0.1) is 10.2 Å². The normalized spacial score (nSPS) is 10.8. The average molecular weight is 267 g/mol. The molecular weight excluding hydrogens is 253 g/mol. The Morgan fingerprint density at radius 3 is 3.06 bits per heavy atom. The van der Waals surface area contributed by atoms with E-state index in [2.05, 4.69) is 15.5 Å². The minimum atomic E-state index is -0.262. The molecule has 4 nitrogen and oxygen atoms in total. The molecule has 0 saturated carbocycles. The maximum atomic E-state index is 13.1. The number of methoxy groups -OCH3 is 1. The summed E-state index contributed by atoms with van der Waals surface area (Å²) in [6.07, 6.45) is 0. The van der Waals surface area contributed by atoms with E-state index in [0.717, 1.165) is 22.1 Å². The van der Waals surface area contributed by atoms with Gasteiger partial charge in [0.2, 0.25) is 0 Å². The highest BCUT2D eigenvalue weighted by molar-refractivity contribution is 7.14. The van der Waals surface area contributed by atoms with Gasteiger partial charge in [0.25, 0.3) is 0 Å². The molecule has 0 atom stereocenters. The lowest BCUT2D eigenvalue weighted by Crippen LogP contribution is -2.18. The van der Waals surface area contributed by atoms with Crippen LogP contribution in [-0.4, -0.2) is 30.5 Å². The van der Waals surface area contributed by atoms with Gasteiger partial charge in [-0.05, 0) is 12.1 Å². The highest BCUT2D eigenvalue weighted by Crippen LogP contribution is 2.23. The number of nitrogens with one attached hydrogen (secondary N) is 1. The molecule has 2 aromatic rings. The van der Waals surface area contributed by atoms with Gasteiger partial charge in [0, 0.05) is 25.8 Å². The number of hydrogen-bond donors (Lipinski definition) is 1. The van der Waals surface area contributed by atoms with Crippen LogP contribution >= 0.6 is 11.3 Å². The fourth-order valence-corrected chi connectivity index (χ4v) is 2.24. The molecule has 2 rings (SSSR count). The summed E-state index contributed by atoms with van der Waals surface area (Å²) < 4.78 is 18.0. The third-order valence-corrected chi connectivity index (χ3v) is 3.27. The van der Waals surface area contributed by atoms with Crippen LogP contribution < -0.4 is 5.32 Å². The lowest BCUT2D eigenvalue weighted by molar-refractivity contribution is 0.199. The van der Waals surface area contributed by atoms with Crippen LogP contribution in [0.5, 0.6) is 0 Å². The molecule has 0 aliphatic heterocycles. The van der Waals surface area contributed by atoms with Gasteiger partial charge in [0.15, 0.2) is 0 Å². The Labute approximate surface area is 109 Å². The van der Waals surface area contributed by atoms with Crippen molar-refractivity contribution in [3.05, 3.63) is 35.1 Å². The molecule has 1 N–H and O–H groups in total. The first-order valence-corrected chi connectivity index (χ1v) is 6.39. The van der Waals surface area contributed by atoms with Crippen LogP contribution in [0.1, 0.15) is 5.01 Å². The van der Waals surface area contributed by atoms with Crippen LogP contribution in [0, 0.1) is 5.82 Å². The topological polar surface area (TPSA) is 47.0 Å². The second kappa shape index (κ2) is 6.53. The van der Waals surface area contributed by atoms with Crippen LogP contribution in [0.2, 0.25) is 0 Å². The van der Waals surface area contributed by atoms with Crippen molar-refractivity contribution in [1.29, 1.82) is 0 Å². The van der Waals surface area contributed by atoms with Crippen molar-refractivity contribution in [3.63, 3.8) is 0 Å². The van der Waals surface area contributed by atoms with Crippen LogP contribution in [0.25, 0.3) is 10.6 Å². The molecule has 0 amide bonds. The van der Waals surface area contributed by atoms with Crippen molar-refractivity contribution >= 4 is 11.3 Å². The van der Waals surface area contributed by atoms with Gasteiger partial charge in [-0.2, -0.15) is 0 Å². The molecule has 1 aromatic carbocycles. The Morgan fingerprint density at radius 2 is 2.28 bits per heavy atom. The minimum absolute atomic E-state index is 0.262. The van der Waals surface area contributed by atoms with Gasteiger partial charge in [0.05, 0.1) is 6.61 Å². The van der Waals surface area contributed by atoms with E-state index >= 15 is 0 Å². The van der Waals surface area contributed by atoms with E-state index in [9.17, 15) is 4.39 Å². The van der Waals surface area contributed by atoms with E-state index in [1.807, 2.05) is 6.07 Å². The summed E-state index contributed by atoms with van der Waals surface area (Å²) in [6, 6.07) is 6.37. The van der Waals surface area contributed by atoms with Crippen molar-refractivity contribution in [2.24, 2.45) is 0 Å². The van der Waals surface area contributed by atoms with Crippen LogP contribution in [-0.2, 0) is 11.3 Å². The van der Waals surface area contributed by atoms with Gasteiger partial charge in [-0.3, -0.25) is 0 Å².